The molecule has 0 unspecified atom stereocenters. The molecule has 0 atom stereocenters. The highest BCUT2D eigenvalue weighted by Crippen LogP contribution is 2.24. The number of esters is 1. The lowest BCUT2D eigenvalue weighted by Gasteiger charge is -2.34. The quantitative estimate of drug-likeness (QED) is 0.523. The van der Waals surface area contributed by atoms with Gasteiger partial charge in [-0.05, 0) is 31.0 Å². The van der Waals surface area contributed by atoms with E-state index in [0.717, 1.165) is 5.69 Å². The number of hydrogen-bond acceptors (Lipinski definition) is 5. The fourth-order valence-electron chi connectivity index (χ4n) is 3.60. The van der Waals surface area contributed by atoms with E-state index in [-0.39, 0.29) is 36.6 Å². The third-order valence-electron chi connectivity index (χ3n) is 5.28. The minimum Gasteiger partial charge on any atom is -0.469 e. The van der Waals surface area contributed by atoms with E-state index < -0.39 is 5.97 Å². The number of nitrogens with zero attached hydrogens (tertiary/aromatic N) is 1. The number of benzene rings is 2. The molecule has 164 valence electrons. The van der Waals surface area contributed by atoms with Crippen LogP contribution in [-0.2, 0) is 20.9 Å². The minimum absolute atomic E-state index is 0.0320. The Balaban J connectivity index is 1.58. The number of hydrogen-bond donors (Lipinski definition) is 2. The first kappa shape index (κ1) is 22.3. The van der Waals surface area contributed by atoms with Gasteiger partial charge < -0.3 is 20.3 Å². The van der Waals surface area contributed by atoms with Crippen LogP contribution < -0.4 is 15.5 Å². The molecule has 0 radical (unpaired) electrons. The molecule has 31 heavy (non-hydrogen) atoms. The maximum absolute atomic E-state index is 13.8. The van der Waals surface area contributed by atoms with Crippen LogP contribution in [0.3, 0.4) is 0 Å². The first-order chi connectivity index (χ1) is 15.0. The summed E-state index contributed by atoms with van der Waals surface area (Å²) in [6, 6.07) is 13.6. The molecule has 0 bridgehead atoms. The molecule has 2 aromatic carbocycles. The van der Waals surface area contributed by atoms with E-state index in [9.17, 15) is 18.8 Å². The predicted molar refractivity (Wildman–Crippen MR) is 114 cm³/mol. The smallest absolute Gasteiger partial charge is 0.315 e. The van der Waals surface area contributed by atoms with Crippen LogP contribution in [0.5, 0.6) is 0 Å². The van der Waals surface area contributed by atoms with Crippen molar-refractivity contribution in [2.24, 2.45) is 0 Å². The molecule has 0 aromatic heterocycles. The van der Waals surface area contributed by atoms with Gasteiger partial charge in [0.2, 0.25) is 5.91 Å². The molecule has 3 rings (SSSR count). The molecule has 0 spiro atoms. The van der Waals surface area contributed by atoms with Crippen molar-refractivity contribution in [3.63, 3.8) is 0 Å². The second-order valence-electron chi connectivity index (χ2n) is 7.37. The van der Waals surface area contributed by atoms with E-state index >= 15 is 0 Å². The number of halogens is 1. The standard InChI is InChI=1S/C23H26FN3O4/c1-31-22(29)14-21(28)26-17-10-12-27(13-11-17)20-9-5-3-7-18(20)23(30)25-15-16-6-2-4-8-19(16)24/h2-9,17H,10-15H2,1H3,(H,25,30)(H,26,28). The third-order valence-corrected chi connectivity index (χ3v) is 5.28. The van der Waals surface area contributed by atoms with E-state index in [1.165, 1.54) is 13.2 Å². The summed E-state index contributed by atoms with van der Waals surface area (Å²) in [7, 11) is 1.25. The third kappa shape index (κ3) is 6.04. The van der Waals surface area contributed by atoms with E-state index in [4.69, 9.17) is 0 Å². The molecule has 7 nitrogen and oxygen atoms in total. The fraction of sp³-hybridized carbons (Fsp3) is 0.348. The van der Waals surface area contributed by atoms with Crippen molar-refractivity contribution in [1.29, 1.82) is 0 Å². The topological polar surface area (TPSA) is 87.7 Å². The van der Waals surface area contributed by atoms with Gasteiger partial charge in [-0.1, -0.05) is 30.3 Å². The van der Waals surface area contributed by atoms with Gasteiger partial charge in [0.15, 0.2) is 0 Å². The number of anilines is 1. The average molecular weight is 427 g/mol. The molecular weight excluding hydrogens is 401 g/mol. The summed E-state index contributed by atoms with van der Waals surface area (Å²) in [5, 5.41) is 5.64. The number of piperidine rings is 1. The maximum atomic E-state index is 13.8. The summed E-state index contributed by atoms with van der Waals surface area (Å²) in [5.41, 5.74) is 1.75. The summed E-state index contributed by atoms with van der Waals surface area (Å²) in [4.78, 5) is 38.0. The highest BCUT2D eigenvalue weighted by molar-refractivity contribution is 5.99. The fourth-order valence-corrected chi connectivity index (χ4v) is 3.60. The van der Waals surface area contributed by atoms with E-state index in [0.29, 0.717) is 37.1 Å². The number of ether oxygens (including phenoxy) is 1. The van der Waals surface area contributed by atoms with Gasteiger partial charge >= 0.3 is 5.97 Å². The van der Waals surface area contributed by atoms with Crippen LogP contribution >= 0.6 is 0 Å². The van der Waals surface area contributed by atoms with Gasteiger partial charge in [-0.3, -0.25) is 14.4 Å². The lowest BCUT2D eigenvalue weighted by atomic mass is 10.0. The van der Waals surface area contributed by atoms with Crippen molar-refractivity contribution in [3.05, 3.63) is 65.5 Å². The van der Waals surface area contributed by atoms with Crippen LogP contribution in [0.2, 0.25) is 0 Å². The minimum atomic E-state index is -0.565. The molecule has 1 heterocycles. The van der Waals surface area contributed by atoms with Crippen molar-refractivity contribution in [2.75, 3.05) is 25.1 Å². The van der Waals surface area contributed by atoms with Crippen molar-refractivity contribution in [2.45, 2.75) is 31.8 Å². The zero-order valence-electron chi connectivity index (χ0n) is 17.4. The van der Waals surface area contributed by atoms with Crippen molar-refractivity contribution >= 4 is 23.5 Å². The number of nitrogens with one attached hydrogen (secondary N) is 2. The largest absolute Gasteiger partial charge is 0.469 e. The molecule has 1 aliphatic rings. The van der Waals surface area contributed by atoms with Crippen LogP contribution in [-0.4, -0.2) is 44.0 Å². The molecular formula is C23H26FN3O4. The molecule has 2 aromatic rings. The predicted octanol–water partition coefficient (Wildman–Crippen LogP) is 2.40. The Labute approximate surface area is 180 Å². The van der Waals surface area contributed by atoms with Crippen molar-refractivity contribution in [3.8, 4) is 0 Å². The summed E-state index contributed by atoms with van der Waals surface area (Å²) in [5.74, 6) is -1.54. The van der Waals surface area contributed by atoms with E-state index in [1.54, 1.807) is 30.3 Å². The summed E-state index contributed by atoms with van der Waals surface area (Å²) in [6.07, 6.45) is 1.10. The Morgan fingerprint density at radius 2 is 1.74 bits per heavy atom. The molecule has 8 heteroatoms. The first-order valence-electron chi connectivity index (χ1n) is 10.2. The van der Waals surface area contributed by atoms with E-state index in [1.807, 2.05) is 12.1 Å². The second kappa shape index (κ2) is 10.6. The lowest BCUT2D eigenvalue weighted by Crippen LogP contribution is -2.45. The molecule has 2 N–H and O–H groups in total. The number of amides is 2. The van der Waals surface area contributed by atoms with Crippen LogP contribution in [0.1, 0.15) is 35.2 Å². The second-order valence-corrected chi connectivity index (χ2v) is 7.37. The molecule has 2 amide bonds. The van der Waals surface area contributed by atoms with Gasteiger partial charge in [-0.15, -0.1) is 0 Å². The number of methoxy groups -OCH3 is 1. The summed E-state index contributed by atoms with van der Waals surface area (Å²) < 4.78 is 18.3. The molecule has 1 saturated heterocycles. The number of carbonyl (C=O) groups excluding carboxylic acids is 3. The zero-order valence-corrected chi connectivity index (χ0v) is 17.4. The SMILES string of the molecule is COC(=O)CC(=O)NC1CCN(c2ccccc2C(=O)NCc2ccccc2F)CC1. The Hall–Kier alpha value is -3.42. The monoisotopic (exact) mass is 427 g/mol. The van der Waals surface area contributed by atoms with Crippen LogP contribution in [0, 0.1) is 5.82 Å². The van der Waals surface area contributed by atoms with Crippen LogP contribution in [0.15, 0.2) is 48.5 Å². The number of carbonyl (C=O) groups is 3. The van der Waals surface area contributed by atoms with Gasteiger partial charge in [0.05, 0.1) is 12.7 Å². The number of rotatable bonds is 7. The first-order valence-corrected chi connectivity index (χ1v) is 10.2. The van der Waals surface area contributed by atoms with E-state index in [2.05, 4.69) is 20.3 Å². The lowest BCUT2D eigenvalue weighted by molar-refractivity contribution is -0.144. The van der Waals surface area contributed by atoms with Crippen molar-refractivity contribution < 1.29 is 23.5 Å². The van der Waals surface area contributed by atoms with Crippen molar-refractivity contribution in [1.82, 2.24) is 10.6 Å². The Bertz CT molecular complexity index is 942. The average Bonchev–Trinajstić information content (AvgIpc) is 2.78. The highest BCUT2D eigenvalue weighted by atomic mass is 19.1. The summed E-state index contributed by atoms with van der Waals surface area (Å²) >= 11 is 0. The van der Waals surface area contributed by atoms with Crippen LogP contribution in [0.4, 0.5) is 10.1 Å². The molecule has 0 saturated carbocycles. The normalized spacial score (nSPS) is 14.1. The van der Waals surface area contributed by atoms with Crippen LogP contribution in [0.25, 0.3) is 0 Å². The van der Waals surface area contributed by atoms with Gasteiger partial charge in [-0.2, -0.15) is 0 Å². The maximum Gasteiger partial charge on any atom is 0.315 e. The van der Waals surface area contributed by atoms with Gasteiger partial charge in [0.25, 0.3) is 5.91 Å². The molecule has 1 aliphatic heterocycles. The zero-order chi connectivity index (χ0) is 22.2. The van der Waals surface area contributed by atoms with Gasteiger partial charge in [-0.25, -0.2) is 4.39 Å². The Morgan fingerprint density at radius 1 is 1.06 bits per heavy atom. The summed E-state index contributed by atoms with van der Waals surface area (Å²) in [6.45, 7) is 1.41. The Kier molecular flexibility index (Phi) is 7.59. The van der Waals surface area contributed by atoms with Gasteiger partial charge in [0.1, 0.15) is 12.2 Å². The van der Waals surface area contributed by atoms with Gasteiger partial charge in [0, 0.05) is 36.9 Å². The molecule has 0 aliphatic carbocycles. The number of para-hydroxylation sites is 1. The molecule has 1 fully saturated rings. The highest BCUT2D eigenvalue weighted by Gasteiger charge is 2.24. The Morgan fingerprint density at radius 3 is 2.45 bits per heavy atom.